The summed E-state index contributed by atoms with van der Waals surface area (Å²) in [6, 6.07) is 22.3. The molecule has 3 rings (SSSR count). The highest BCUT2D eigenvalue weighted by molar-refractivity contribution is 5.91. The molecule has 0 amide bonds. The van der Waals surface area contributed by atoms with Gasteiger partial charge in [-0.3, -0.25) is 0 Å². The molecule has 0 aliphatic heterocycles. The van der Waals surface area contributed by atoms with Crippen LogP contribution < -0.4 is 14.2 Å². The van der Waals surface area contributed by atoms with E-state index in [1.807, 2.05) is 48.5 Å². The molecule has 5 nitrogen and oxygen atoms in total. The third kappa shape index (κ3) is 7.78. The molecule has 5 heteroatoms. The number of carbonyl (C=O) groups excluding carboxylic acids is 1. The van der Waals surface area contributed by atoms with Crippen LogP contribution in [0.15, 0.2) is 85.5 Å². The van der Waals surface area contributed by atoms with E-state index in [1.54, 1.807) is 30.3 Å². The van der Waals surface area contributed by atoms with Crippen molar-refractivity contribution in [3.8, 4) is 28.4 Å². The maximum Gasteiger partial charge on any atom is 0.343 e. The van der Waals surface area contributed by atoms with Crippen molar-refractivity contribution in [2.75, 3.05) is 26.4 Å². The molecule has 0 fully saturated rings. The summed E-state index contributed by atoms with van der Waals surface area (Å²) in [6.07, 6.45) is 2.78. The third-order valence-electron chi connectivity index (χ3n) is 5.31. The molecule has 0 aliphatic carbocycles. The molecule has 1 atom stereocenters. The first-order chi connectivity index (χ1) is 16.6. The zero-order valence-corrected chi connectivity index (χ0v) is 19.9. The Morgan fingerprint density at radius 2 is 1.38 bits per heavy atom. The van der Waals surface area contributed by atoms with Crippen LogP contribution in [0, 0.1) is 5.92 Å². The molecule has 0 bridgehead atoms. The van der Waals surface area contributed by atoms with Crippen molar-refractivity contribution in [1.29, 1.82) is 0 Å². The zero-order chi connectivity index (χ0) is 24.2. The fourth-order valence-corrected chi connectivity index (χ4v) is 3.05. The highest BCUT2D eigenvalue weighted by atomic mass is 16.5. The summed E-state index contributed by atoms with van der Waals surface area (Å²) in [6.45, 7) is 10.1. The van der Waals surface area contributed by atoms with Crippen molar-refractivity contribution in [2.45, 2.75) is 20.3 Å². The number of benzene rings is 3. The average molecular weight is 461 g/mol. The monoisotopic (exact) mass is 460 g/mol. The minimum Gasteiger partial charge on any atom is -0.493 e. The van der Waals surface area contributed by atoms with E-state index in [-0.39, 0.29) is 0 Å². The SMILES string of the molecule is C=CCOCCOc1ccc(-c2ccc(C(=O)Oc3ccc(OC[C@@H](C)CC)cc3)cc2)cc1. The fraction of sp³-hybridized carbons (Fsp3) is 0.276. The zero-order valence-electron chi connectivity index (χ0n) is 19.9. The normalized spacial score (nSPS) is 11.5. The standard InChI is InChI=1S/C29H32O5/c1-4-18-31-19-20-32-26-12-10-24(11-13-26)23-6-8-25(9-7-23)29(30)34-28-16-14-27(15-17-28)33-21-22(3)5-2/h4,6-17,22H,1,5,18-21H2,2-3H3/t22-/m0/s1. The van der Waals surface area contributed by atoms with Gasteiger partial charge in [-0.15, -0.1) is 6.58 Å². The minimum absolute atomic E-state index is 0.401. The number of carbonyl (C=O) groups is 1. The lowest BCUT2D eigenvalue weighted by Gasteiger charge is -2.11. The molecule has 3 aromatic carbocycles. The van der Waals surface area contributed by atoms with Gasteiger partial charge in [0.2, 0.25) is 0 Å². The van der Waals surface area contributed by atoms with E-state index in [1.165, 1.54) is 0 Å². The van der Waals surface area contributed by atoms with Crippen molar-refractivity contribution in [1.82, 2.24) is 0 Å². The highest BCUT2D eigenvalue weighted by Crippen LogP contribution is 2.24. The minimum atomic E-state index is -0.401. The van der Waals surface area contributed by atoms with Crippen molar-refractivity contribution in [2.24, 2.45) is 5.92 Å². The van der Waals surface area contributed by atoms with Gasteiger partial charge in [-0.1, -0.05) is 50.6 Å². The lowest BCUT2D eigenvalue weighted by Crippen LogP contribution is -2.09. The van der Waals surface area contributed by atoms with E-state index in [2.05, 4.69) is 20.4 Å². The first-order valence-corrected chi connectivity index (χ1v) is 11.6. The van der Waals surface area contributed by atoms with Gasteiger partial charge in [0.25, 0.3) is 0 Å². The van der Waals surface area contributed by atoms with Crippen LogP contribution in [0.5, 0.6) is 17.2 Å². The Balaban J connectivity index is 1.51. The van der Waals surface area contributed by atoms with Crippen LogP contribution in [-0.2, 0) is 4.74 Å². The van der Waals surface area contributed by atoms with Gasteiger partial charge in [0.1, 0.15) is 23.9 Å². The second-order valence-electron chi connectivity index (χ2n) is 8.00. The molecule has 0 unspecified atom stereocenters. The highest BCUT2D eigenvalue weighted by Gasteiger charge is 2.10. The molecular formula is C29H32O5. The van der Waals surface area contributed by atoms with Crippen LogP contribution in [0.3, 0.4) is 0 Å². The summed E-state index contributed by atoms with van der Waals surface area (Å²) in [5.41, 5.74) is 2.52. The summed E-state index contributed by atoms with van der Waals surface area (Å²) in [5.74, 6) is 2.13. The lowest BCUT2D eigenvalue weighted by molar-refractivity contribution is 0.0734. The predicted molar refractivity (Wildman–Crippen MR) is 135 cm³/mol. The second-order valence-corrected chi connectivity index (χ2v) is 8.00. The van der Waals surface area contributed by atoms with E-state index >= 15 is 0 Å². The molecule has 0 aromatic heterocycles. The van der Waals surface area contributed by atoms with Crippen LogP contribution in [0.25, 0.3) is 11.1 Å². The first-order valence-electron chi connectivity index (χ1n) is 11.6. The lowest BCUT2D eigenvalue weighted by atomic mass is 10.0. The van der Waals surface area contributed by atoms with Crippen LogP contribution in [-0.4, -0.2) is 32.4 Å². The van der Waals surface area contributed by atoms with Gasteiger partial charge in [0.15, 0.2) is 0 Å². The van der Waals surface area contributed by atoms with E-state index < -0.39 is 5.97 Å². The summed E-state index contributed by atoms with van der Waals surface area (Å²) >= 11 is 0. The van der Waals surface area contributed by atoms with E-state index in [9.17, 15) is 4.79 Å². The van der Waals surface area contributed by atoms with Crippen molar-refractivity contribution < 1.29 is 23.7 Å². The van der Waals surface area contributed by atoms with Crippen molar-refractivity contribution in [3.63, 3.8) is 0 Å². The van der Waals surface area contributed by atoms with Gasteiger partial charge in [0, 0.05) is 0 Å². The van der Waals surface area contributed by atoms with Gasteiger partial charge in [-0.25, -0.2) is 4.79 Å². The molecule has 0 heterocycles. The molecular weight excluding hydrogens is 428 g/mol. The summed E-state index contributed by atoms with van der Waals surface area (Å²) in [5, 5.41) is 0. The van der Waals surface area contributed by atoms with E-state index in [4.69, 9.17) is 18.9 Å². The molecule has 3 aromatic rings. The first kappa shape index (κ1) is 25.1. The number of hydrogen-bond acceptors (Lipinski definition) is 5. The Labute approximate surface area is 201 Å². The third-order valence-corrected chi connectivity index (χ3v) is 5.31. The smallest absolute Gasteiger partial charge is 0.343 e. The summed E-state index contributed by atoms with van der Waals surface area (Å²) in [4.78, 5) is 12.5. The second kappa shape index (κ2) is 13.2. The molecule has 0 radical (unpaired) electrons. The van der Waals surface area contributed by atoms with Gasteiger partial charge in [-0.05, 0) is 65.6 Å². The molecule has 178 valence electrons. The van der Waals surface area contributed by atoms with Gasteiger partial charge < -0.3 is 18.9 Å². The molecule has 0 saturated carbocycles. The molecule has 0 saturated heterocycles. The van der Waals surface area contributed by atoms with Gasteiger partial charge >= 0.3 is 5.97 Å². The summed E-state index contributed by atoms with van der Waals surface area (Å²) in [7, 11) is 0. The Morgan fingerprint density at radius 1 is 0.824 bits per heavy atom. The van der Waals surface area contributed by atoms with Crippen LogP contribution >= 0.6 is 0 Å². The van der Waals surface area contributed by atoms with Crippen LogP contribution in [0.2, 0.25) is 0 Å². The predicted octanol–water partition coefficient (Wildman–Crippen LogP) is 6.58. The van der Waals surface area contributed by atoms with Crippen LogP contribution in [0.4, 0.5) is 0 Å². The topological polar surface area (TPSA) is 54.0 Å². The Bertz CT molecular complexity index is 1020. The number of rotatable bonds is 13. The Hall–Kier alpha value is -3.57. The Kier molecular flexibility index (Phi) is 9.74. The van der Waals surface area contributed by atoms with E-state index in [0.29, 0.717) is 43.7 Å². The van der Waals surface area contributed by atoms with E-state index in [0.717, 1.165) is 29.0 Å². The molecule has 0 N–H and O–H groups in total. The van der Waals surface area contributed by atoms with Gasteiger partial charge in [0.05, 0.1) is 25.4 Å². The molecule has 0 aliphatic rings. The van der Waals surface area contributed by atoms with Crippen molar-refractivity contribution in [3.05, 3.63) is 91.0 Å². The summed E-state index contributed by atoms with van der Waals surface area (Å²) < 4.78 is 22.2. The molecule has 0 spiro atoms. The number of ether oxygens (including phenoxy) is 4. The molecule has 34 heavy (non-hydrogen) atoms. The maximum absolute atomic E-state index is 12.5. The maximum atomic E-state index is 12.5. The number of esters is 1. The average Bonchev–Trinajstić information content (AvgIpc) is 2.88. The van der Waals surface area contributed by atoms with Crippen molar-refractivity contribution >= 4 is 5.97 Å². The Morgan fingerprint density at radius 3 is 2.00 bits per heavy atom. The van der Waals surface area contributed by atoms with Crippen LogP contribution in [0.1, 0.15) is 30.6 Å². The number of hydrogen-bond donors (Lipinski definition) is 0. The largest absolute Gasteiger partial charge is 0.493 e. The van der Waals surface area contributed by atoms with Gasteiger partial charge in [-0.2, -0.15) is 0 Å². The fourth-order valence-electron chi connectivity index (χ4n) is 3.05. The quantitative estimate of drug-likeness (QED) is 0.125.